The third-order valence-corrected chi connectivity index (χ3v) is 5.73. The van der Waals surface area contributed by atoms with E-state index in [1.54, 1.807) is 6.33 Å². The molecule has 4 nitrogen and oxygen atoms in total. The zero-order chi connectivity index (χ0) is 15.8. The number of aromatic nitrogens is 3. The van der Waals surface area contributed by atoms with Crippen molar-refractivity contribution in [3.63, 3.8) is 0 Å². The van der Waals surface area contributed by atoms with Gasteiger partial charge in [0.05, 0.1) is 0 Å². The van der Waals surface area contributed by atoms with Crippen LogP contribution in [0.5, 0.6) is 0 Å². The third kappa shape index (κ3) is 2.87. The normalized spacial score (nSPS) is 21.7. The van der Waals surface area contributed by atoms with Crippen LogP contribution in [0.3, 0.4) is 0 Å². The average Bonchev–Trinajstić information content (AvgIpc) is 2.73. The van der Waals surface area contributed by atoms with Crippen LogP contribution >= 0.6 is 0 Å². The summed E-state index contributed by atoms with van der Waals surface area (Å²) in [6, 6.07) is 0.853. The Morgan fingerprint density at radius 2 is 1.86 bits per heavy atom. The van der Waals surface area contributed by atoms with Crippen molar-refractivity contribution >= 4 is 0 Å². The predicted octanol–water partition coefficient (Wildman–Crippen LogP) is 3.45. The summed E-state index contributed by atoms with van der Waals surface area (Å²) in [4.78, 5) is 4.50. The van der Waals surface area contributed by atoms with Crippen molar-refractivity contribution in [3.05, 3.63) is 12.2 Å². The lowest BCUT2D eigenvalue weighted by molar-refractivity contribution is 0.377. The second-order valence-electron chi connectivity index (χ2n) is 7.90. The van der Waals surface area contributed by atoms with Crippen molar-refractivity contribution in [2.24, 2.45) is 16.7 Å². The molecule has 0 aliphatic heterocycles. The van der Waals surface area contributed by atoms with Crippen LogP contribution in [0.25, 0.3) is 0 Å². The molecule has 120 valence electrons. The molecule has 1 atom stereocenters. The Morgan fingerprint density at radius 3 is 2.33 bits per heavy atom. The van der Waals surface area contributed by atoms with Gasteiger partial charge in [0.2, 0.25) is 0 Å². The van der Waals surface area contributed by atoms with Gasteiger partial charge in [-0.05, 0) is 43.6 Å². The smallest absolute Gasteiger partial charge is 0.138 e. The van der Waals surface area contributed by atoms with Gasteiger partial charge < -0.3 is 5.32 Å². The van der Waals surface area contributed by atoms with E-state index in [4.69, 9.17) is 0 Å². The summed E-state index contributed by atoms with van der Waals surface area (Å²) in [6.07, 6.45) is 3.83. The number of nitrogens with one attached hydrogen (secondary N) is 1. The van der Waals surface area contributed by atoms with Gasteiger partial charge >= 0.3 is 0 Å². The number of nitrogens with zero attached hydrogens (tertiary/aromatic N) is 3. The van der Waals surface area contributed by atoms with Crippen LogP contribution in [0.2, 0.25) is 0 Å². The first-order valence-electron chi connectivity index (χ1n) is 8.35. The van der Waals surface area contributed by atoms with Crippen molar-refractivity contribution in [3.8, 4) is 0 Å². The lowest BCUT2D eigenvalue weighted by Gasteiger charge is -2.21. The fourth-order valence-corrected chi connectivity index (χ4v) is 3.94. The highest BCUT2D eigenvalue weighted by Gasteiger charge is 2.66. The summed E-state index contributed by atoms with van der Waals surface area (Å²) in [5.41, 5.74) is 0.780. The van der Waals surface area contributed by atoms with Gasteiger partial charge in [-0.3, -0.25) is 0 Å². The molecule has 0 bridgehead atoms. The fraction of sp³-hybridized carbons (Fsp3) is 0.882. The monoisotopic (exact) mass is 292 g/mol. The molecule has 1 N–H and O–H groups in total. The first kappa shape index (κ1) is 16.5. The van der Waals surface area contributed by atoms with Crippen LogP contribution in [0.1, 0.15) is 66.8 Å². The molecule has 0 saturated heterocycles. The van der Waals surface area contributed by atoms with E-state index in [0.29, 0.717) is 28.8 Å². The Labute approximate surface area is 129 Å². The molecule has 1 heterocycles. The minimum atomic E-state index is 0.370. The predicted molar refractivity (Wildman–Crippen MR) is 87.2 cm³/mol. The van der Waals surface area contributed by atoms with Crippen LogP contribution in [0, 0.1) is 16.7 Å². The summed E-state index contributed by atoms with van der Waals surface area (Å²) in [5, 5.41) is 8.15. The van der Waals surface area contributed by atoms with Gasteiger partial charge in [-0.15, -0.1) is 0 Å². The number of rotatable bonds is 7. The maximum atomic E-state index is 4.50. The molecular weight excluding hydrogens is 260 g/mol. The van der Waals surface area contributed by atoms with E-state index < -0.39 is 0 Å². The highest BCUT2D eigenvalue weighted by molar-refractivity contribution is 5.17. The third-order valence-electron chi connectivity index (χ3n) is 5.73. The molecule has 1 aromatic heterocycles. The fourth-order valence-electron chi connectivity index (χ4n) is 3.94. The molecule has 1 fully saturated rings. The zero-order valence-corrected chi connectivity index (χ0v) is 14.8. The van der Waals surface area contributed by atoms with Gasteiger partial charge in [0.1, 0.15) is 12.2 Å². The molecule has 21 heavy (non-hydrogen) atoms. The van der Waals surface area contributed by atoms with Gasteiger partial charge in [-0.1, -0.05) is 34.6 Å². The van der Waals surface area contributed by atoms with Crippen molar-refractivity contribution in [2.45, 2.75) is 73.4 Å². The standard InChI is InChI=1S/C17H32N4/c1-8-9-18-13(15-16(4,5)17(15,6)7)10-14-19-11-20-21(14)12(2)3/h11-13,15,18H,8-10H2,1-7H3. The zero-order valence-electron chi connectivity index (χ0n) is 14.8. The van der Waals surface area contributed by atoms with E-state index in [0.717, 1.165) is 18.8 Å². The second kappa shape index (κ2) is 5.71. The van der Waals surface area contributed by atoms with E-state index in [1.165, 1.54) is 6.42 Å². The topological polar surface area (TPSA) is 42.7 Å². The molecule has 0 spiro atoms. The molecule has 1 saturated carbocycles. The highest BCUT2D eigenvalue weighted by atomic mass is 15.3. The lowest BCUT2D eigenvalue weighted by Crippen LogP contribution is -2.37. The molecule has 2 rings (SSSR count). The molecule has 0 radical (unpaired) electrons. The van der Waals surface area contributed by atoms with Crippen LogP contribution in [-0.4, -0.2) is 27.4 Å². The summed E-state index contributed by atoms with van der Waals surface area (Å²) in [6.45, 7) is 17.2. The van der Waals surface area contributed by atoms with Gasteiger partial charge in [-0.25, -0.2) is 9.67 Å². The van der Waals surface area contributed by atoms with Crippen molar-refractivity contribution in [1.29, 1.82) is 0 Å². The van der Waals surface area contributed by atoms with E-state index in [2.05, 4.69) is 68.5 Å². The summed E-state index contributed by atoms with van der Waals surface area (Å²) in [7, 11) is 0. The summed E-state index contributed by atoms with van der Waals surface area (Å²) >= 11 is 0. The molecular formula is C17H32N4. The number of hydrogen-bond donors (Lipinski definition) is 1. The SMILES string of the molecule is CCCNC(Cc1ncnn1C(C)C)C1C(C)(C)C1(C)C. The summed E-state index contributed by atoms with van der Waals surface area (Å²) < 4.78 is 2.06. The van der Waals surface area contributed by atoms with E-state index in [9.17, 15) is 0 Å². The Balaban J connectivity index is 2.16. The summed E-state index contributed by atoms with van der Waals surface area (Å²) in [5.74, 6) is 1.80. The van der Waals surface area contributed by atoms with Crippen LogP contribution < -0.4 is 5.32 Å². The maximum absolute atomic E-state index is 4.50. The molecule has 1 aromatic rings. The van der Waals surface area contributed by atoms with Crippen molar-refractivity contribution in [1.82, 2.24) is 20.1 Å². The second-order valence-corrected chi connectivity index (χ2v) is 7.90. The van der Waals surface area contributed by atoms with Gasteiger partial charge in [0, 0.05) is 18.5 Å². The largest absolute Gasteiger partial charge is 0.313 e. The Morgan fingerprint density at radius 1 is 1.24 bits per heavy atom. The first-order valence-corrected chi connectivity index (χ1v) is 8.35. The number of hydrogen-bond acceptors (Lipinski definition) is 3. The molecule has 4 heteroatoms. The Bertz CT molecular complexity index is 459. The van der Waals surface area contributed by atoms with Crippen molar-refractivity contribution in [2.75, 3.05) is 6.54 Å². The Kier molecular flexibility index (Phi) is 4.48. The first-order chi connectivity index (χ1) is 9.73. The van der Waals surface area contributed by atoms with Crippen LogP contribution in [-0.2, 0) is 6.42 Å². The maximum Gasteiger partial charge on any atom is 0.138 e. The van der Waals surface area contributed by atoms with Gasteiger partial charge in [0.25, 0.3) is 0 Å². The average molecular weight is 292 g/mol. The molecule has 1 unspecified atom stereocenters. The van der Waals surface area contributed by atoms with Crippen LogP contribution in [0.15, 0.2) is 6.33 Å². The van der Waals surface area contributed by atoms with Crippen LogP contribution in [0.4, 0.5) is 0 Å². The van der Waals surface area contributed by atoms with E-state index in [1.807, 2.05) is 0 Å². The lowest BCUT2D eigenvalue weighted by atomic mass is 10.0. The Hall–Kier alpha value is -0.900. The molecule has 1 aliphatic rings. The minimum absolute atomic E-state index is 0.370. The molecule has 0 aromatic carbocycles. The quantitative estimate of drug-likeness (QED) is 0.837. The van der Waals surface area contributed by atoms with Gasteiger partial charge in [0.15, 0.2) is 0 Å². The highest BCUT2D eigenvalue weighted by Crippen LogP contribution is 2.69. The van der Waals surface area contributed by atoms with Crippen molar-refractivity contribution < 1.29 is 0 Å². The molecule has 1 aliphatic carbocycles. The molecule has 0 amide bonds. The van der Waals surface area contributed by atoms with E-state index in [-0.39, 0.29) is 0 Å². The minimum Gasteiger partial charge on any atom is -0.313 e. The van der Waals surface area contributed by atoms with E-state index >= 15 is 0 Å². The van der Waals surface area contributed by atoms with Gasteiger partial charge in [-0.2, -0.15) is 5.10 Å².